The molecule has 0 fully saturated rings. The Labute approximate surface area is 172 Å². The first kappa shape index (κ1) is 22.8. The average Bonchev–Trinajstić information content (AvgIpc) is 2.63. The van der Waals surface area contributed by atoms with Crippen molar-refractivity contribution in [3.05, 3.63) is 28.3 Å². The number of rotatable bonds is 8. The topological polar surface area (TPSA) is 93.1 Å². The fraction of sp³-hybridized carbons (Fsp3) is 0.565. The number of carbonyl (C=O) groups is 2. The number of phenols is 1. The van der Waals surface area contributed by atoms with Crippen molar-refractivity contribution in [1.29, 1.82) is 0 Å². The summed E-state index contributed by atoms with van der Waals surface area (Å²) in [5, 5.41) is 20.5. The number of Topliss-reactive ketones (excluding diaryl/α,β-unsaturated/α-hetero) is 1. The van der Waals surface area contributed by atoms with Gasteiger partial charge in [-0.3, -0.25) is 9.59 Å². The van der Waals surface area contributed by atoms with E-state index in [1.165, 1.54) is 7.11 Å². The first-order chi connectivity index (χ1) is 13.6. The minimum absolute atomic E-state index is 0.106. The summed E-state index contributed by atoms with van der Waals surface area (Å²) < 4.78 is 11.8. The maximum atomic E-state index is 13.1. The molecule has 1 aromatic carbocycles. The molecule has 2 N–H and O–H groups in total. The molecule has 6 heteroatoms. The van der Waals surface area contributed by atoms with Crippen LogP contribution in [0.25, 0.3) is 0 Å². The minimum Gasteiger partial charge on any atom is -0.507 e. The number of carbonyl (C=O) groups excluding carboxylic acids is 1. The molecule has 0 radical (unpaired) electrons. The molecule has 1 heterocycles. The number of fused-ring (bicyclic) bond motifs is 1. The summed E-state index contributed by atoms with van der Waals surface area (Å²) in [4.78, 5) is 24.6. The largest absolute Gasteiger partial charge is 0.507 e. The van der Waals surface area contributed by atoms with Gasteiger partial charge in [0.2, 0.25) is 0 Å². The van der Waals surface area contributed by atoms with E-state index in [0.29, 0.717) is 29.7 Å². The third-order valence-corrected chi connectivity index (χ3v) is 5.57. The second-order valence-electron chi connectivity index (χ2n) is 8.02. The molecule has 0 aliphatic carbocycles. The van der Waals surface area contributed by atoms with Crippen LogP contribution in [0.3, 0.4) is 0 Å². The Bertz CT molecular complexity index is 819. The molecule has 1 aliphatic rings. The minimum atomic E-state index is -0.929. The Morgan fingerprint density at radius 3 is 2.48 bits per heavy atom. The van der Waals surface area contributed by atoms with E-state index in [4.69, 9.17) is 9.47 Å². The second-order valence-corrected chi connectivity index (χ2v) is 8.02. The molecule has 0 spiro atoms. The number of aromatic hydroxyl groups is 1. The summed E-state index contributed by atoms with van der Waals surface area (Å²) in [5.41, 5.74) is 2.28. The third-order valence-electron chi connectivity index (χ3n) is 5.57. The van der Waals surface area contributed by atoms with Gasteiger partial charge in [-0.05, 0) is 33.6 Å². The Hall–Kier alpha value is -2.50. The number of carboxylic acids is 1. The molecule has 29 heavy (non-hydrogen) atoms. The van der Waals surface area contributed by atoms with Crippen molar-refractivity contribution in [2.24, 2.45) is 5.92 Å². The summed E-state index contributed by atoms with van der Waals surface area (Å²) in [6, 6.07) is 0. The molecule has 3 atom stereocenters. The van der Waals surface area contributed by atoms with Crippen LogP contribution >= 0.6 is 0 Å². The zero-order valence-corrected chi connectivity index (χ0v) is 18.2. The number of carboxylic acid groups (broad SMARTS) is 1. The molecule has 6 nitrogen and oxygen atoms in total. The number of ether oxygens (including phenoxy) is 2. The predicted molar refractivity (Wildman–Crippen MR) is 111 cm³/mol. The smallest absolute Gasteiger partial charge is 0.303 e. The highest BCUT2D eigenvalue weighted by atomic mass is 16.5. The fourth-order valence-electron chi connectivity index (χ4n) is 3.85. The first-order valence-electron chi connectivity index (χ1n) is 10.2. The second kappa shape index (κ2) is 9.33. The standard InChI is InChI=1S/C23H32O6/c1-7-8-15(11-17(24)25)18-22(28-6)16(10-9-12(2)3)21(27)19-20(26)13(4)14(5)29-23(18)19/h9,13-15,27H,7-8,10-11H2,1-6H3,(H,24,25)/t13-,14+,15+/m0/s1. The van der Waals surface area contributed by atoms with Gasteiger partial charge in [-0.1, -0.05) is 31.9 Å². The maximum absolute atomic E-state index is 13.1. The number of allylic oxidation sites excluding steroid dienone is 2. The number of ketones is 1. The molecule has 2 rings (SSSR count). The van der Waals surface area contributed by atoms with Gasteiger partial charge in [0.15, 0.2) is 5.78 Å². The van der Waals surface area contributed by atoms with Gasteiger partial charge in [-0.2, -0.15) is 0 Å². The number of phenolic OH excluding ortho intramolecular Hbond substituents is 1. The van der Waals surface area contributed by atoms with Crippen LogP contribution in [0.5, 0.6) is 17.2 Å². The zero-order valence-electron chi connectivity index (χ0n) is 18.2. The lowest BCUT2D eigenvalue weighted by Crippen LogP contribution is -2.35. The van der Waals surface area contributed by atoms with Gasteiger partial charge in [0.1, 0.15) is 28.9 Å². The molecule has 0 unspecified atom stereocenters. The summed E-state index contributed by atoms with van der Waals surface area (Å²) in [6.07, 6.45) is 3.20. The molecule has 0 saturated carbocycles. The Balaban J connectivity index is 2.87. The van der Waals surface area contributed by atoms with Crippen molar-refractivity contribution in [3.8, 4) is 17.2 Å². The van der Waals surface area contributed by atoms with Crippen LogP contribution in [0.1, 0.15) is 81.3 Å². The molecule has 1 aliphatic heterocycles. The SMILES string of the molecule is CCC[C@H](CC(=O)O)c1c(OC)c(CC=C(C)C)c(O)c2c1O[C@H](C)[C@H](C)C2=O. The van der Waals surface area contributed by atoms with Gasteiger partial charge in [0, 0.05) is 17.0 Å². The van der Waals surface area contributed by atoms with E-state index in [-0.39, 0.29) is 41.3 Å². The predicted octanol–water partition coefficient (Wildman–Crippen LogP) is 4.87. The van der Waals surface area contributed by atoms with Crippen LogP contribution < -0.4 is 9.47 Å². The number of benzene rings is 1. The van der Waals surface area contributed by atoms with E-state index in [1.54, 1.807) is 6.92 Å². The van der Waals surface area contributed by atoms with E-state index < -0.39 is 11.9 Å². The van der Waals surface area contributed by atoms with E-state index in [1.807, 2.05) is 33.8 Å². The van der Waals surface area contributed by atoms with Crippen LogP contribution in [0.4, 0.5) is 0 Å². The molecule has 1 aromatic rings. The van der Waals surface area contributed by atoms with Gasteiger partial charge < -0.3 is 19.7 Å². The molecule has 0 saturated heterocycles. The van der Waals surface area contributed by atoms with E-state index >= 15 is 0 Å². The van der Waals surface area contributed by atoms with Gasteiger partial charge >= 0.3 is 5.97 Å². The third kappa shape index (κ3) is 4.57. The Kier molecular flexibility index (Phi) is 7.33. The highest BCUT2D eigenvalue weighted by Crippen LogP contribution is 2.51. The van der Waals surface area contributed by atoms with E-state index in [0.717, 1.165) is 12.0 Å². The van der Waals surface area contributed by atoms with Gasteiger partial charge in [-0.25, -0.2) is 0 Å². The molecular weight excluding hydrogens is 372 g/mol. The molecule has 0 bridgehead atoms. The lowest BCUT2D eigenvalue weighted by Gasteiger charge is -2.33. The summed E-state index contributed by atoms with van der Waals surface area (Å²) >= 11 is 0. The zero-order chi connectivity index (χ0) is 21.9. The molecule has 0 aromatic heterocycles. The highest BCUT2D eigenvalue weighted by Gasteiger charge is 2.40. The summed E-state index contributed by atoms with van der Waals surface area (Å²) in [6.45, 7) is 9.46. The van der Waals surface area contributed by atoms with Crippen LogP contribution in [0.15, 0.2) is 11.6 Å². The Morgan fingerprint density at radius 2 is 1.97 bits per heavy atom. The quantitative estimate of drug-likeness (QED) is 0.601. The highest BCUT2D eigenvalue weighted by molar-refractivity contribution is 6.05. The van der Waals surface area contributed by atoms with E-state index in [9.17, 15) is 19.8 Å². The normalized spacial score (nSPS) is 19.2. The van der Waals surface area contributed by atoms with Gasteiger partial charge in [-0.15, -0.1) is 0 Å². The lowest BCUT2D eigenvalue weighted by molar-refractivity contribution is -0.137. The first-order valence-corrected chi connectivity index (χ1v) is 10.2. The Morgan fingerprint density at radius 1 is 1.31 bits per heavy atom. The molecular formula is C23H32O6. The monoisotopic (exact) mass is 404 g/mol. The van der Waals surface area contributed by atoms with Crippen molar-refractivity contribution >= 4 is 11.8 Å². The van der Waals surface area contributed by atoms with Crippen molar-refractivity contribution < 1.29 is 29.3 Å². The van der Waals surface area contributed by atoms with Crippen molar-refractivity contribution in [2.45, 2.75) is 72.3 Å². The van der Waals surface area contributed by atoms with Gasteiger partial charge in [0.25, 0.3) is 0 Å². The van der Waals surface area contributed by atoms with Crippen molar-refractivity contribution in [2.75, 3.05) is 7.11 Å². The summed E-state index contributed by atoms with van der Waals surface area (Å²) in [7, 11) is 1.50. The summed E-state index contributed by atoms with van der Waals surface area (Å²) in [5.74, 6) is -1.36. The number of methoxy groups -OCH3 is 1. The number of hydrogen-bond acceptors (Lipinski definition) is 5. The van der Waals surface area contributed by atoms with Crippen LogP contribution in [-0.2, 0) is 11.2 Å². The van der Waals surface area contributed by atoms with Crippen LogP contribution in [0.2, 0.25) is 0 Å². The average molecular weight is 405 g/mol. The van der Waals surface area contributed by atoms with Crippen molar-refractivity contribution in [3.63, 3.8) is 0 Å². The lowest BCUT2D eigenvalue weighted by atomic mass is 9.81. The maximum Gasteiger partial charge on any atom is 0.303 e. The van der Waals surface area contributed by atoms with Crippen molar-refractivity contribution in [1.82, 2.24) is 0 Å². The molecule has 0 amide bonds. The van der Waals surface area contributed by atoms with Crippen LogP contribution in [0, 0.1) is 5.92 Å². The van der Waals surface area contributed by atoms with Crippen LogP contribution in [-0.4, -0.2) is 35.2 Å². The van der Waals surface area contributed by atoms with E-state index in [2.05, 4.69) is 0 Å². The fourth-order valence-corrected chi connectivity index (χ4v) is 3.85. The number of aliphatic carboxylic acids is 1. The van der Waals surface area contributed by atoms with Gasteiger partial charge in [0.05, 0.1) is 19.4 Å². The number of hydrogen-bond donors (Lipinski definition) is 2. The molecule has 160 valence electrons.